The summed E-state index contributed by atoms with van der Waals surface area (Å²) in [5.74, 6) is 0.541. The van der Waals surface area contributed by atoms with Gasteiger partial charge in [0.25, 0.3) is 5.56 Å². The lowest BCUT2D eigenvalue weighted by atomic mass is 9.84. The summed E-state index contributed by atoms with van der Waals surface area (Å²) in [6.45, 7) is 5.71. The maximum atomic E-state index is 13.6. The molecule has 2 aromatic carbocycles. The third kappa shape index (κ3) is 4.71. The number of fused-ring (bicyclic) bond motifs is 1. The fraction of sp³-hybridized carbons (Fsp3) is 0.360. The Balaban J connectivity index is 0.00000167. The van der Waals surface area contributed by atoms with Crippen LogP contribution in [0.2, 0.25) is 0 Å². The second-order valence-electron chi connectivity index (χ2n) is 7.76. The number of rotatable bonds is 3. The fourth-order valence-corrected chi connectivity index (χ4v) is 4.34. The van der Waals surface area contributed by atoms with Crippen molar-refractivity contribution in [1.82, 2.24) is 14.3 Å². The molecule has 35 heavy (non-hydrogen) atoms. The zero-order valence-electron chi connectivity index (χ0n) is 19.8. The third-order valence-electron chi connectivity index (χ3n) is 5.84. The average Bonchev–Trinajstić information content (AvgIpc) is 2.85. The summed E-state index contributed by atoms with van der Waals surface area (Å²) < 4.78 is 47.7. The van der Waals surface area contributed by atoms with Gasteiger partial charge in [0.15, 0.2) is 0 Å². The van der Waals surface area contributed by atoms with Gasteiger partial charge in [-0.05, 0) is 67.1 Å². The monoisotopic (exact) mass is 486 g/mol. The predicted octanol–water partition coefficient (Wildman–Crippen LogP) is 4.55. The zero-order valence-corrected chi connectivity index (χ0v) is 19.8. The Hall–Kier alpha value is -3.87. The van der Waals surface area contributed by atoms with E-state index in [0.29, 0.717) is 23.4 Å². The SMILES string of the molecule is CC.COc1ccc(-n2nc(C#N)c(=O)n(C3CCCc4c3cccc4C(F)(F)F)c2=O)c(C)c1. The Bertz CT molecular complexity index is 1400. The highest BCUT2D eigenvalue weighted by molar-refractivity contribution is 5.45. The van der Waals surface area contributed by atoms with Crippen molar-refractivity contribution in [2.24, 2.45) is 0 Å². The second-order valence-corrected chi connectivity index (χ2v) is 7.76. The number of hydrogen-bond acceptors (Lipinski definition) is 5. The first-order chi connectivity index (χ1) is 16.7. The van der Waals surface area contributed by atoms with E-state index in [0.717, 1.165) is 15.3 Å². The Morgan fingerprint density at radius 3 is 2.49 bits per heavy atom. The molecule has 1 unspecified atom stereocenters. The third-order valence-corrected chi connectivity index (χ3v) is 5.84. The molecule has 4 rings (SSSR count). The van der Waals surface area contributed by atoms with Crippen molar-refractivity contribution in [1.29, 1.82) is 5.26 Å². The van der Waals surface area contributed by atoms with Crippen LogP contribution in [0.25, 0.3) is 5.69 Å². The summed E-state index contributed by atoms with van der Waals surface area (Å²) in [6, 6.07) is 9.34. The number of hydrogen-bond donors (Lipinski definition) is 0. The van der Waals surface area contributed by atoms with Crippen molar-refractivity contribution < 1.29 is 17.9 Å². The number of aromatic nitrogens is 3. The van der Waals surface area contributed by atoms with Gasteiger partial charge < -0.3 is 4.74 Å². The fourth-order valence-electron chi connectivity index (χ4n) is 4.34. The number of alkyl halides is 3. The first-order valence-corrected chi connectivity index (χ1v) is 11.2. The van der Waals surface area contributed by atoms with Crippen LogP contribution in [0.5, 0.6) is 5.75 Å². The lowest BCUT2D eigenvalue weighted by Gasteiger charge is -2.29. The topological polar surface area (TPSA) is 89.9 Å². The molecule has 0 spiro atoms. The summed E-state index contributed by atoms with van der Waals surface area (Å²) in [6.07, 6.45) is -3.75. The summed E-state index contributed by atoms with van der Waals surface area (Å²) in [5, 5.41) is 13.4. The van der Waals surface area contributed by atoms with E-state index in [2.05, 4.69) is 5.10 Å². The number of methoxy groups -OCH3 is 1. The van der Waals surface area contributed by atoms with Crippen molar-refractivity contribution in [3.05, 3.63) is 85.2 Å². The normalized spacial score (nSPS) is 14.9. The van der Waals surface area contributed by atoms with E-state index in [1.54, 1.807) is 31.2 Å². The molecule has 1 aromatic heterocycles. The van der Waals surface area contributed by atoms with Crippen LogP contribution in [-0.4, -0.2) is 21.5 Å². The van der Waals surface area contributed by atoms with Gasteiger partial charge in [0.2, 0.25) is 5.69 Å². The predicted molar refractivity (Wildman–Crippen MR) is 124 cm³/mol. The van der Waals surface area contributed by atoms with Crippen LogP contribution in [0.1, 0.15) is 60.7 Å². The van der Waals surface area contributed by atoms with Crippen LogP contribution in [0.15, 0.2) is 46.0 Å². The maximum Gasteiger partial charge on any atom is 0.416 e. The van der Waals surface area contributed by atoms with Crippen LogP contribution < -0.4 is 16.0 Å². The van der Waals surface area contributed by atoms with E-state index in [4.69, 9.17) is 4.74 Å². The smallest absolute Gasteiger partial charge is 0.416 e. The molecule has 3 aromatic rings. The maximum absolute atomic E-state index is 13.6. The van der Waals surface area contributed by atoms with E-state index in [9.17, 15) is 28.0 Å². The van der Waals surface area contributed by atoms with Gasteiger partial charge in [-0.15, -0.1) is 5.10 Å². The standard InChI is InChI=1S/C23H19F3N4O3.C2H6/c1-13-11-14(33-2)9-10-19(13)30-22(32)29(21(31)18(12-27)28-30)20-8-4-5-15-16(20)6-3-7-17(15)23(24,25)26;1-2/h3,6-7,9-11,20H,4-5,8H2,1-2H3;1-2H3. The molecule has 1 atom stereocenters. The Morgan fingerprint density at radius 1 is 1.17 bits per heavy atom. The molecule has 0 saturated heterocycles. The molecule has 7 nitrogen and oxygen atoms in total. The molecule has 0 fully saturated rings. The number of aryl methyl sites for hydroxylation is 1. The molecule has 10 heteroatoms. The minimum Gasteiger partial charge on any atom is -0.497 e. The van der Waals surface area contributed by atoms with Gasteiger partial charge in [-0.1, -0.05) is 26.0 Å². The summed E-state index contributed by atoms with van der Waals surface area (Å²) in [7, 11) is 1.49. The van der Waals surface area contributed by atoms with Crippen LogP contribution >= 0.6 is 0 Å². The molecule has 0 aliphatic heterocycles. The largest absolute Gasteiger partial charge is 0.497 e. The number of nitriles is 1. The van der Waals surface area contributed by atoms with Crippen molar-refractivity contribution >= 4 is 0 Å². The Kier molecular flexibility index (Phi) is 7.48. The number of ether oxygens (including phenoxy) is 1. The van der Waals surface area contributed by atoms with Gasteiger partial charge in [0.1, 0.15) is 11.8 Å². The van der Waals surface area contributed by atoms with Crippen molar-refractivity contribution in [2.75, 3.05) is 7.11 Å². The van der Waals surface area contributed by atoms with Crippen molar-refractivity contribution in [2.45, 2.75) is 52.3 Å². The molecule has 0 radical (unpaired) electrons. The number of nitrogens with zero attached hydrogens (tertiary/aromatic N) is 4. The van der Waals surface area contributed by atoms with Gasteiger partial charge in [-0.2, -0.15) is 23.1 Å². The Labute approximate surface area is 200 Å². The van der Waals surface area contributed by atoms with Gasteiger partial charge in [-0.3, -0.25) is 4.79 Å². The van der Waals surface area contributed by atoms with Gasteiger partial charge in [0.05, 0.1) is 24.4 Å². The van der Waals surface area contributed by atoms with Crippen LogP contribution in [0.3, 0.4) is 0 Å². The molecule has 184 valence electrons. The van der Waals surface area contributed by atoms with E-state index in [-0.39, 0.29) is 24.0 Å². The summed E-state index contributed by atoms with van der Waals surface area (Å²) >= 11 is 0. The molecular weight excluding hydrogens is 461 g/mol. The molecule has 0 amide bonds. The molecule has 0 bridgehead atoms. The highest BCUT2D eigenvalue weighted by atomic mass is 19.4. The quantitative estimate of drug-likeness (QED) is 0.542. The summed E-state index contributed by atoms with van der Waals surface area (Å²) in [4.78, 5) is 26.5. The van der Waals surface area contributed by atoms with Crippen molar-refractivity contribution in [3.63, 3.8) is 0 Å². The highest BCUT2D eigenvalue weighted by Crippen LogP contribution is 2.40. The lowest BCUT2D eigenvalue weighted by Crippen LogP contribution is -2.45. The molecule has 1 heterocycles. The van der Waals surface area contributed by atoms with E-state index < -0.39 is 34.7 Å². The van der Waals surface area contributed by atoms with E-state index in [1.165, 1.54) is 19.2 Å². The molecule has 1 aliphatic carbocycles. The molecule has 0 N–H and O–H groups in total. The molecule has 0 saturated carbocycles. The number of halogens is 3. The zero-order chi connectivity index (χ0) is 25.9. The van der Waals surface area contributed by atoms with Crippen molar-refractivity contribution in [3.8, 4) is 17.5 Å². The Morgan fingerprint density at radius 2 is 1.89 bits per heavy atom. The first kappa shape index (κ1) is 25.7. The van der Waals surface area contributed by atoms with E-state index >= 15 is 0 Å². The van der Waals surface area contributed by atoms with Gasteiger partial charge in [0, 0.05) is 0 Å². The van der Waals surface area contributed by atoms with Crippen LogP contribution in [0.4, 0.5) is 13.2 Å². The molecular formula is C25H25F3N4O3. The average molecular weight is 486 g/mol. The summed E-state index contributed by atoms with van der Waals surface area (Å²) in [5.41, 5.74) is -1.82. The van der Waals surface area contributed by atoms with Gasteiger partial charge >= 0.3 is 11.9 Å². The van der Waals surface area contributed by atoms with Gasteiger partial charge in [-0.25, -0.2) is 9.36 Å². The number of benzene rings is 2. The van der Waals surface area contributed by atoms with Crippen LogP contribution in [0, 0.1) is 18.3 Å². The minimum absolute atomic E-state index is 0.0649. The minimum atomic E-state index is -4.56. The lowest BCUT2D eigenvalue weighted by molar-refractivity contribution is -0.138. The second kappa shape index (κ2) is 10.2. The van der Waals surface area contributed by atoms with Crippen LogP contribution in [-0.2, 0) is 12.6 Å². The van der Waals surface area contributed by atoms with E-state index in [1.807, 2.05) is 13.8 Å². The highest BCUT2D eigenvalue weighted by Gasteiger charge is 2.37. The first-order valence-electron chi connectivity index (χ1n) is 11.2. The molecule has 1 aliphatic rings.